The number of aromatic nitrogens is 3. The molecule has 3 aromatic heterocycles. The average Bonchev–Trinajstić information content (AvgIpc) is 3.26. The van der Waals surface area contributed by atoms with Crippen LogP contribution in [-0.2, 0) is 0 Å². The molecule has 5 nitrogen and oxygen atoms in total. The molecule has 26 heavy (non-hydrogen) atoms. The molecule has 126 valence electrons. The quantitative estimate of drug-likeness (QED) is 0.384. The van der Waals surface area contributed by atoms with Gasteiger partial charge in [-0.1, -0.05) is 34.1 Å². The van der Waals surface area contributed by atoms with Gasteiger partial charge in [0, 0.05) is 26.8 Å². The molecule has 0 atom stereocenters. The Kier molecular flexibility index (Phi) is 4.45. The van der Waals surface area contributed by atoms with E-state index in [2.05, 4.69) is 52.9 Å². The lowest BCUT2D eigenvalue weighted by molar-refractivity contribution is 0.571. The van der Waals surface area contributed by atoms with E-state index in [-0.39, 0.29) is 0 Å². The zero-order chi connectivity index (χ0) is 18.1. The number of hydrogen-bond donors (Lipinski definition) is 1. The van der Waals surface area contributed by atoms with Crippen LogP contribution in [0.4, 0.5) is 0 Å². The molecule has 0 amide bonds. The van der Waals surface area contributed by atoms with Crippen molar-refractivity contribution in [1.29, 1.82) is 5.26 Å². The summed E-state index contributed by atoms with van der Waals surface area (Å²) in [7, 11) is 0. The first-order valence-electron chi connectivity index (χ1n) is 7.62. The molecule has 0 saturated heterocycles. The number of furan rings is 1. The lowest BCUT2D eigenvalue weighted by atomic mass is 10.2. The van der Waals surface area contributed by atoms with E-state index in [0.717, 1.165) is 25.8 Å². The second kappa shape index (κ2) is 6.90. The van der Waals surface area contributed by atoms with E-state index >= 15 is 0 Å². The van der Waals surface area contributed by atoms with Crippen molar-refractivity contribution in [3.8, 4) is 17.4 Å². The molecular weight excluding hydrogens is 460 g/mol. The van der Waals surface area contributed by atoms with Crippen molar-refractivity contribution in [2.24, 2.45) is 0 Å². The minimum Gasteiger partial charge on any atom is -0.457 e. The van der Waals surface area contributed by atoms with Crippen LogP contribution in [0.1, 0.15) is 11.6 Å². The Balaban J connectivity index is 1.72. The van der Waals surface area contributed by atoms with E-state index in [1.807, 2.05) is 42.5 Å². The van der Waals surface area contributed by atoms with Gasteiger partial charge in [0.1, 0.15) is 17.6 Å². The smallest absolute Gasteiger partial charge is 0.178 e. The molecule has 0 aliphatic carbocycles. The number of aromatic amines is 1. The molecule has 4 rings (SSSR count). The molecule has 3 heterocycles. The summed E-state index contributed by atoms with van der Waals surface area (Å²) in [6, 6.07) is 15.5. The maximum absolute atomic E-state index is 9.53. The summed E-state index contributed by atoms with van der Waals surface area (Å²) in [6.45, 7) is 0. The van der Waals surface area contributed by atoms with Gasteiger partial charge in [0.15, 0.2) is 11.5 Å². The number of nitrogens with zero attached hydrogens (tertiary/aromatic N) is 3. The number of benzene rings is 1. The predicted molar refractivity (Wildman–Crippen MR) is 107 cm³/mol. The van der Waals surface area contributed by atoms with E-state index in [9.17, 15) is 5.26 Å². The van der Waals surface area contributed by atoms with E-state index in [1.165, 1.54) is 0 Å². The maximum atomic E-state index is 9.53. The zero-order valence-electron chi connectivity index (χ0n) is 13.2. The van der Waals surface area contributed by atoms with Crippen LogP contribution in [0.25, 0.3) is 34.1 Å². The Labute approximate surface area is 165 Å². The highest BCUT2D eigenvalue weighted by atomic mass is 79.9. The highest BCUT2D eigenvalue weighted by Crippen LogP contribution is 2.30. The number of pyridine rings is 1. The van der Waals surface area contributed by atoms with Gasteiger partial charge in [-0.25, -0.2) is 9.97 Å². The topological polar surface area (TPSA) is 78.5 Å². The standard InChI is InChI=1S/C19H10Br2N4O/c20-12-8-16-19(23-10-12)25-18(24-16)11(9-22)7-13-5-6-17(26-13)14-3-1-2-4-15(14)21/h1-8,10H,(H,23,24,25)/b11-7+. The molecule has 4 aromatic rings. The lowest BCUT2D eigenvalue weighted by Gasteiger charge is -1.99. The first kappa shape index (κ1) is 16.8. The van der Waals surface area contributed by atoms with Crippen molar-refractivity contribution < 1.29 is 4.42 Å². The number of allylic oxidation sites excluding steroid dienone is 1. The van der Waals surface area contributed by atoms with Gasteiger partial charge in [0.05, 0.1) is 11.1 Å². The third-order valence-electron chi connectivity index (χ3n) is 3.73. The van der Waals surface area contributed by atoms with E-state index < -0.39 is 0 Å². The third-order valence-corrected chi connectivity index (χ3v) is 4.86. The summed E-state index contributed by atoms with van der Waals surface area (Å²) in [5, 5.41) is 9.53. The molecule has 0 radical (unpaired) electrons. The van der Waals surface area contributed by atoms with Crippen molar-refractivity contribution in [1.82, 2.24) is 15.0 Å². The zero-order valence-corrected chi connectivity index (χ0v) is 16.4. The Bertz CT molecular complexity index is 1180. The molecule has 0 fully saturated rings. The first-order chi connectivity index (χ1) is 12.6. The molecule has 0 saturated carbocycles. The van der Waals surface area contributed by atoms with Gasteiger partial charge < -0.3 is 9.40 Å². The number of nitrogens with one attached hydrogen (secondary N) is 1. The van der Waals surface area contributed by atoms with Crippen LogP contribution in [-0.4, -0.2) is 15.0 Å². The van der Waals surface area contributed by atoms with Gasteiger partial charge in [-0.05, 0) is 40.2 Å². The van der Waals surface area contributed by atoms with Crippen LogP contribution in [0.15, 0.2) is 62.0 Å². The number of imidazole rings is 1. The summed E-state index contributed by atoms with van der Waals surface area (Å²) in [5.41, 5.74) is 2.62. The Morgan fingerprint density at radius 3 is 2.85 bits per heavy atom. The van der Waals surface area contributed by atoms with Crippen molar-refractivity contribution >= 4 is 54.7 Å². The molecule has 0 unspecified atom stereocenters. The third kappa shape index (κ3) is 3.21. The largest absolute Gasteiger partial charge is 0.457 e. The Hall–Kier alpha value is -2.69. The fraction of sp³-hybridized carbons (Fsp3) is 0. The van der Waals surface area contributed by atoms with Crippen molar-refractivity contribution in [2.45, 2.75) is 0 Å². The average molecular weight is 470 g/mol. The second-order valence-electron chi connectivity index (χ2n) is 5.46. The predicted octanol–water partition coefficient (Wildman–Crippen LogP) is 5.81. The van der Waals surface area contributed by atoms with Gasteiger partial charge in [0.2, 0.25) is 0 Å². The molecule has 0 aliphatic rings. The van der Waals surface area contributed by atoms with Crippen LogP contribution in [0, 0.1) is 11.3 Å². The molecule has 0 bridgehead atoms. The number of hydrogen-bond acceptors (Lipinski definition) is 4. The molecular formula is C19H10Br2N4O. The number of halogens is 2. The molecule has 1 N–H and O–H groups in total. The number of rotatable bonds is 3. The SMILES string of the molecule is N#C/C(=C\c1ccc(-c2ccccc2Br)o1)c1nc2ncc(Br)cc2[nH]1. The van der Waals surface area contributed by atoms with E-state index in [4.69, 9.17) is 4.42 Å². The van der Waals surface area contributed by atoms with Gasteiger partial charge in [-0.3, -0.25) is 0 Å². The molecule has 7 heteroatoms. The molecule has 1 aromatic carbocycles. The fourth-order valence-corrected chi connectivity index (χ4v) is 3.35. The lowest BCUT2D eigenvalue weighted by Crippen LogP contribution is -1.84. The summed E-state index contributed by atoms with van der Waals surface area (Å²) in [6.07, 6.45) is 3.33. The highest BCUT2D eigenvalue weighted by Gasteiger charge is 2.12. The summed E-state index contributed by atoms with van der Waals surface area (Å²) in [4.78, 5) is 11.7. The minimum absolute atomic E-state index is 0.368. The second-order valence-corrected chi connectivity index (χ2v) is 7.23. The van der Waals surface area contributed by atoms with Gasteiger partial charge in [-0.2, -0.15) is 5.26 Å². The number of H-pyrrole nitrogens is 1. The summed E-state index contributed by atoms with van der Waals surface area (Å²) in [5.74, 6) is 1.74. The number of nitriles is 1. The normalized spacial score (nSPS) is 11.7. The summed E-state index contributed by atoms with van der Waals surface area (Å²) >= 11 is 6.89. The van der Waals surface area contributed by atoms with Crippen molar-refractivity contribution in [3.05, 3.63) is 69.2 Å². The van der Waals surface area contributed by atoms with Gasteiger partial charge in [0.25, 0.3) is 0 Å². The van der Waals surface area contributed by atoms with Crippen LogP contribution in [0.3, 0.4) is 0 Å². The number of fused-ring (bicyclic) bond motifs is 1. The van der Waals surface area contributed by atoms with Crippen LogP contribution in [0.2, 0.25) is 0 Å². The van der Waals surface area contributed by atoms with E-state index in [1.54, 1.807) is 12.3 Å². The first-order valence-corrected chi connectivity index (χ1v) is 9.21. The Morgan fingerprint density at radius 1 is 1.19 bits per heavy atom. The fourth-order valence-electron chi connectivity index (χ4n) is 2.53. The maximum Gasteiger partial charge on any atom is 0.178 e. The van der Waals surface area contributed by atoms with Crippen LogP contribution < -0.4 is 0 Å². The highest BCUT2D eigenvalue weighted by molar-refractivity contribution is 9.10. The van der Waals surface area contributed by atoms with Gasteiger partial charge >= 0.3 is 0 Å². The van der Waals surface area contributed by atoms with Crippen LogP contribution in [0.5, 0.6) is 0 Å². The van der Waals surface area contributed by atoms with Crippen molar-refractivity contribution in [3.63, 3.8) is 0 Å². The molecule has 0 aliphatic heterocycles. The van der Waals surface area contributed by atoms with Crippen LogP contribution >= 0.6 is 31.9 Å². The minimum atomic E-state index is 0.368. The summed E-state index contributed by atoms with van der Waals surface area (Å²) < 4.78 is 7.66. The Morgan fingerprint density at radius 2 is 2.04 bits per heavy atom. The molecule has 0 spiro atoms. The van der Waals surface area contributed by atoms with E-state index in [0.29, 0.717) is 22.8 Å². The monoisotopic (exact) mass is 468 g/mol. The van der Waals surface area contributed by atoms with Crippen molar-refractivity contribution in [2.75, 3.05) is 0 Å². The van der Waals surface area contributed by atoms with Gasteiger partial charge in [-0.15, -0.1) is 0 Å².